The molecule has 0 spiro atoms. The fourth-order valence-electron chi connectivity index (χ4n) is 1.99. The molecular weight excluding hydrogens is 224 g/mol. The standard InChI is InChI=1S/C12H16O5/c1-3-4-10(13)16-8-5-7(12(14)15-2)6-9-11(8)17-9/h5,8-9,11H,3-4,6H2,1-2H3. The number of ether oxygens (including phenoxy) is 3. The quantitative estimate of drug-likeness (QED) is 0.541. The van der Waals surface area contributed by atoms with E-state index in [0.717, 1.165) is 6.42 Å². The van der Waals surface area contributed by atoms with Crippen LogP contribution in [0.15, 0.2) is 11.6 Å². The van der Waals surface area contributed by atoms with E-state index >= 15 is 0 Å². The first-order valence-corrected chi connectivity index (χ1v) is 5.79. The van der Waals surface area contributed by atoms with Crippen molar-refractivity contribution in [2.24, 2.45) is 0 Å². The first-order chi connectivity index (χ1) is 8.15. The lowest BCUT2D eigenvalue weighted by molar-refractivity contribution is -0.148. The lowest BCUT2D eigenvalue weighted by Gasteiger charge is -2.17. The molecule has 0 radical (unpaired) electrons. The summed E-state index contributed by atoms with van der Waals surface area (Å²) in [6.07, 6.45) is 2.79. The van der Waals surface area contributed by atoms with Crippen molar-refractivity contribution in [1.29, 1.82) is 0 Å². The lowest BCUT2D eigenvalue weighted by atomic mass is 9.97. The molecule has 1 saturated heterocycles. The summed E-state index contributed by atoms with van der Waals surface area (Å²) in [6.45, 7) is 1.91. The predicted octanol–water partition coefficient (Wildman–Crippen LogP) is 0.969. The van der Waals surface area contributed by atoms with Gasteiger partial charge in [-0.1, -0.05) is 6.92 Å². The van der Waals surface area contributed by atoms with Crippen molar-refractivity contribution >= 4 is 11.9 Å². The Bertz CT molecular complexity index is 360. The first-order valence-electron chi connectivity index (χ1n) is 5.79. The molecule has 2 aliphatic rings. The number of esters is 2. The van der Waals surface area contributed by atoms with Crippen molar-refractivity contribution < 1.29 is 23.8 Å². The molecule has 0 saturated carbocycles. The van der Waals surface area contributed by atoms with Crippen LogP contribution >= 0.6 is 0 Å². The molecule has 1 fully saturated rings. The first kappa shape index (κ1) is 12.1. The highest BCUT2D eigenvalue weighted by Gasteiger charge is 2.50. The Morgan fingerprint density at radius 3 is 2.94 bits per heavy atom. The lowest BCUT2D eigenvalue weighted by Crippen LogP contribution is -2.28. The van der Waals surface area contributed by atoms with Crippen molar-refractivity contribution in [1.82, 2.24) is 0 Å². The summed E-state index contributed by atoms with van der Waals surface area (Å²) in [5.74, 6) is -0.635. The van der Waals surface area contributed by atoms with E-state index in [4.69, 9.17) is 9.47 Å². The van der Waals surface area contributed by atoms with Crippen LogP contribution in [0.5, 0.6) is 0 Å². The van der Waals surface area contributed by atoms with Crippen molar-refractivity contribution in [2.45, 2.75) is 44.5 Å². The molecule has 0 aromatic carbocycles. The van der Waals surface area contributed by atoms with Crippen LogP contribution in [-0.4, -0.2) is 37.4 Å². The Hall–Kier alpha value is -1.36. The number of hydrogen-bond donors (Lipinski definition) is 0. The number of carbonyl (C=O) groups is 2. The molecule has 17 heavy (non-hydrogen) atoms. The Kier molecular flexibility index (Phi) is 3.47. The van der Waals surface area contributed by atoms with Gasteiger partial charge >= 0.3 is 11.9 Å². The molecule has 2 rings (SSSR count). The van der Waals surface area contributed by atoms with Crippen LogP contribution in [-0.2, 0) is 23.8 Å². The molecule has 5 heteroatoms. The second-order valence-electron chi connectivity index (χ2n) is 4.23. The zero-order valence-electron chi connectivity index (χ0n) is 9.97. The third-order valence-electron chi connectivity index (χ3n) is 2.90. The van der Waals surface area contributed by atoms with Crippen LogP contribution in [0.4, 0.5) is 0 Å². The Morgan fingerprint density at radius 1 is 1.53 bits per heavy atom. The van der Waals surface area contributed by atoms with Gasteiger partial charge < -0.3 is 14.2 Å². The minimum absolute atomic E-state index is 0.00599. The average Bonchev–Trinajstić information content (AvgIpc) is 3.07. The van der Waals surface area contributed by atoms with E-state index in [-0.39, 0.29) is 24.1 Å². The Balaban J connectivity index is 2.01. The molecule has 0 aromatic heterocycles. The van der Waals surface area contributed by atoms with Crippen molar-refractivity contribution in [3.05, 3.63) is 11.6 Å². The van der Waals surface area contributed by atoms with Crippen LogP contribution in [0.1, 0.15) is 26.2 Å². The van der Waals surface area contributed by atoms with Crippen molar-refractivity contribution in [2.75, 3.05) is 7.11 Å². The monoisotopic (exact) mass is 240 g/mol. The third-order valence-corrected chi connectivity index (χ3v) is 2.90. The molecule has 94 valence electrons. The largest absolute Gasteiger partial charge is 0.466 e. The van der Waals surface area contributed by atoms with Gasteiger partial charge in [-0.2, -0.15) is 0 Å². The summed E-state index contributed by atoms with van der Waals surface area (Å²) in [5, 5.41) is 0. The Labute approximate surface area is 99.7 Å². The highest BCUT2D eigenvalue weighted by Crippen LogP contribution is 2.38. The number of rotatable bonds is 4. The number of methoxy groups -OCH3 is 1. The minimum Gasteiger partial charge on any atom is -0.466 e. The van der Waals surface area contributed by atoms with E-state index in [1.165, 1.54) is 7.11 Å². The van der Waals surface area contributed by atoms with Gasteiger partial charge in [0.05, 0.1) is 13.2 Å². The summed E-state index contributed by atoms with van der Waals surface area (Å²) >= 11 is 0. The molecular formula is C12H16O5. The number of fused-ring (bicyclic) bond motifs is 1. The minimum atomic E-state index is -0.443. The van der Waals surface area contributed by atoms with E-state index in [1.54, 1.807) is 6.08 Å². The van der Waals surface area contributed by atoms with Crippen LogP contribution in [0.3, 0.4) is 0 Å². The van der Waals surface area contributed by atoms with Gasteiger partial charge in [0.1, 0.15) is 12.2 Å². The van der Waals surface area contributed by atoms with Gasteiger partial charge in [-0.3, -0.25) is 4.79 Å². The molecule has 3 unspecified atom stereocenters. The van der Waals surface area contributed by atoms with E-state index in [1.807, 2.05) is 6.92 Å². The van der Waals surface area contributed by atoms with Crippen LogP contribution < -0.4 is 0 Å². The van der Waals surface area contributed by atoms with Gasteiger partial charge in [-0.25, -0.2) is 4.79 Å². The van der Waals surface area contributed by atoms with Crippen LogP contribution in [0.2, 0.25) is 0 Å². The van der Waals surface area contributed by atoms with Gasteiger partial charge in [0, 0.05) is 18.4 Å². The maximum absolute atomic E-state index is 11.4. The topological polar surface area (TPSA) is 65.1 Å². The van der Waals surface area contributed by atoms with Gasteiger partial charge in [-0.15, -0.1) is 0 Å². The van der Waals surface area contributed by atoms with E-state index in [9.17, 15) is 9.59 Å². The van der Waals surface area contributed by atoms with Crippen LogP contribution in [0, 0.1) is 0 Å². The van der Waals surface area contributed by atoms with E-state index < -0.39 is 6.10 Å². The molecule has 5 nitrogen and oxygen atoms in total. The van der Waals surface area contributed by atoms with Gasteiger partial charge in [-0.05, 0) is 12.5 Å². The highest BCUT2D eigenvalue weighted by molar-refractivity contribution is 5.89. The number of carbonyl (C=O) groups excluding carboxylic acids is 2. The molecule has 0 amide bonds. The average molecular weight is 240 g/mol. The SMILES string of the molecule is CCCC(=O)OC1C=C(C(=O)OC)CC2OC12. The summed E-state index contributed by atoms with van der Waals surface area (Å²) in [4.78, 5) is 22.8. The summed E-state index contributed by atoms with van der Waals surface area (Å²) in [5.41, 5.74) is 0.528. The molecule has 1 aliphatic heterocycles. The molecule has 1 aliphatic carbocycles. The van der Waals surface area contributed by atoms with Crippen LogP contribution in [0.25, 0.3) is 0 Å². The fourth-order valence-corrected chi connectivity index (χ4v) is 1.99. The number of epoxide rings is 1. The Morgan fingerprint density at radius 2 is 2.29 bits per heavy atom. The zero-order valence-corrected chi connectivity index (χ0v) is 9.97. The zero-order chi connectivity index (χ0) is 12.4. The second kappa shape index (κ2) is 4.87. The predicted molar refractivity (Wildman–Crippen MR) is 58.2 cm³/mol. The van der Waals surface area contributed by atoms with Gasteiger partial charge in [0.25, 0.3) is 0 Å². The summed E-state index contributed by atoms with van der Waals surface area (Å²) in [7, 11) is 1.33. The second-order valence-corrected chi connectivity index (χ2v) is 4.23. The van der Waals surface area contributed by atoms with Crippen molar-refractivity contribution in [3.8, 4) is 0 Å². The molecule has 0 bridgehead atoms. The normalized spacial score (nSPS) is 30.0. The smallest absolute Gasteiger partial charge is 0.333 e. The van der Waals surface area contributed by atoms with E-state index in [0.29, 0.717) is 18.4 Å². The van der Waals surface area contributed by atoms with Gasteiger partial charge in [0.15, 0.2) is 0 Å². The highest BCUT2D eigenvalue weighted by atomic mass is 16.6. The molecule has 1 heterocycles. The molecule has 0 N–H and O–H groups in total. The maximum atomic E-state index is 11.4. The third kappa shape index (κ3) is 2.66. The summed E-state index contributed by atoms with van der Waals surface area (Å²) < 4.78 is 15.3. The maximum Gasteiger partial charge on any atom is 0.333 e. The molecule has 0 aromatic rings. The summed E-state index contributed by atoms with van der Waals surface area (Å²) in [6, 6.07) is 0. The fraction of sp³-hybridized carbons (Fsp3) is 0.667. The molecule has 3 atom stereocenters. The number of hydrogen-bond acceptors (Lipinski definition) is 5. The van der Waals surface area contributed by atoms with Gasteiger partial charge in [0.2, 0.25) is 0 Å². The van der Waals surface area contributed by atoms with E-state index in [2.05, 4.69) is 4.74 Å². The van der Waals surface area contributed by atoms with Crippen molar-refractivity contribution in [3.63, 3.8) is 0 Å².